The summed E-state index contributed by atoms with van der Waals surface area (Å²) in [6, 6.07) is -0.0496. The van der Waals surface area contributed by atoms with Crippen LogP contribution in [0.15, 0.2) is 6.07 Å². The van der Waals surface area contributed by atoms with E-state index in [2.05, 4.69) is 4.98 Å². The minimum atomic E-state index is -5.14. The van der Waals surface area contributed by atoms with E-state index in [1.54, 1.807) is 0 Å². The Balaban J connectivity index is 3.45. The normalized spacial score (nSPS) is 11.9. The topological polar surface area (TPSA) is 50.2 Å². The van der Waals surface area contributed by atoms with Crippen LogP contribution in [0.2, 0.25) is 0 Å². The fourth-order valence-corrected chi connectivity index (χ4v) is 1.24. The molecule has 0 saturated carbocycles. The zero-order valence-electron chi connectivity index (χ0n) is 8.43. The maximum absolute atomic E-state index is 13.2. The Morgan fingerprint density at radius 3 is 2.33 bits per heavy atom. The van der Waals surface area contributed by atoms with Gasteiger partial charge in [0, 0.05) is 5.56 Å². The molecule has 1 aromatic heterocycles. The van der Waals surface area contributed by atoms with Crippen molar-refractivity contribution in [2.75, 3.05) is 0 Å². The molecule has 0 unspecified atom stereocenters. The minimum absolute atomic E-state index is 0.0496. The molecule has 1 aromatic rings. The summed E-state index contributed by atoms with van der Waals surface area (Å²) in [5.41, 5.74) is -4.42. The van der Waals surface area contributed by atoms with Crippen molar-refractivity contribution in [2.24, 2.45) is 0 Å². The van der Waals surface area contributed by atoms with Crippen molar-refractivity contribution in [2.45, 2.75) is 19.0 Å². The van der Waals surface area contributed by atoms with E-state index in [9.17, 15) is 31.1 Å². The van der Waals surface area contributed by atoms with Gasteiger partial charge in [-0.3, -0.25) is 4.79 Å². The number of hydrogen-bond donors (Lipinski definition) is 1. The van der Waals surface area contributed by atoms with Gasteiger partial charge in [-0.05, 0) is 6.07 Å². The Bertz CT molecular complexity index is 471. The number of carboxylic acid groups (broad SMARTS) is 1. The number of nitrogens with zero attached hydrogens (tertiary/aromatic N) is 1. The summed E-state index contributed by atoms with van der Waals surface area (Å²) in [6.07, 6.45) is -9.82. The fraction of sp³-hybridized carbons (Fsp3) is 0.333. The molecular formula is C9H5F6NO2. The lowest BCUT2D eigenvalue weighted by molar-refractivity contribution is -0.140. The van der Waals surface area contributed by atoms with E-state index in [0.29, 0.717) is 0 Å². The summed E-state index contributed by atoms with van der Waals surface area (Å²) < 4.78 is 75.0. The molecule has 3 nitrogen and oxygen atoms in total. The second-order valence-corrected chi connectivity index (χ2v) is 3.23. The Hall–Kier alpha value is -1.80. The number of carboxylic acids is 1. The van der Waals surface area contributed by atoms with Crippen LogP contribution in [0.25, 0.3) is 0 Å². The van der Waals surface area contributed by atoms with Crippen LogP contribution in [0.5, 0.6) is 0 Å². The van der Waals surface area contributed by atoms with Crippen LogP contribution in [-0.2, 0) is 17.4 Å². The molecule has 100 valence electrons. The van der Waals surface area contributed by atoms with Crippen molar-refractivity contribution >= 4 is 5.97 Å². The molecule has 0 atom stereocenters. The quantitative estimate of drug-likeness (QED) is 0.680. The molecular weight excluding hydrogens is 268 g/mol. The maximum Gasteiger partial charge on any atom is 0.416 e. The summed E-state index contributed by atoms with van der Waals surface area (Å²) in [6.45, 7) is 0. The number of hydrogen-bond acceptors (Lipinski definition) is 2. The van der Waals surface area contributed by atoms with Gasteiger partial charge in [0.1, 0.15) is 5.69 Å². The monoisotopic (exact) mass is 273 g/mol. The molecule has 0 radical (unpaired) electrons. The zero-order chi connectivity index (χ0) is 14.1. The zero-order valence-corrected chi connectivity index (χ0v) is 8.43. The third-order valence-electron chi connectivity index (χ3n) is 1.95. The maximum atomic E-state index is 13.2. The predicted octanol–water partition coefficient (Wildman–Crippen LogP) is 2.80. The number of alkyl halides is 5. The molecule has 0 aromatic carbocycles. The van der Waals surface area contributed by atoms with Crippen LogP contribution >= 0.6 is 0 Å². The number of aromatic nitrogens is 1. The Morgan fingerprint density at radius 2 is 1.94 bits per heavy atom. The van der Waals surface area contributed by atoms with Gasteiger partial charge in [0.05, 0.1) is 12.0 Å². The summed E-state index contributed by atoms with van der Waals surface area (Å²) >= 11 is 0. The summed E-state index contributed by atoms with van der Waals surface area (Å²) in [5, 5.41) is 8.35. The first-order valence-corrected chi connectivity index (χ1v) is 4.39. The first kappa shape index (κ1) is 14.3. The lowest BCUT2D eigenvalue weighted by atomic mass is 10.1. The van der Waals surface area contributed by atoms with Gasteiger partial charge in [-0.1, -0.05) is 0 Å². The molecule has 0 bridgehead atoms. The summed E-state index contributed by atoms with van der Waals surface area (Å²) in [7, 11) is 0. The summed E-state index contributed by atoms with van der Waals surface area (Å²) in [5.74, 6) is -3.59. The first-order chi connectivity index (χ1) is 8.12. The van der Waals surface area contributed by atoms with E-state index >= 15 is 0 Å². The first-order valence-electron chi connectivity index (χ1n) is 4.39. The van der Waals surface area contributed by atoms with Crippen LogP contribution in [0.4, 0.5) is 26.3 Å². The lowest BCUT2D eigenvalue weighted by Crippen LogP contribution is -2.16. The number of pyridine rings is 1. The molecule has 1 rings (SSSR count). The molecule has 0 aliphatic carbocycles. The van der Waals surface area contributed by atoms with Gasteiger partial charge in [-0.15, -0.1) is 0 Å². The second-order valence-electron chi connectivity index (χ2n) is 3.23. The van der Waals surface area contributed by atoms with E-state index < -0.39 is 47.8 Å². The molecule has 0 fully saturated rings. The molecule has 1 N–H and O–H groups in total. The average molecular weight is 273 g/mol. The molecule has 0 saturated heterocycles. The van der Waals surface area contributed by atoms with Crippen molar-refractivity contribution in [3.05, 3.63) is 28.8 Å². The van der Waals surface area contributed by atoms with E-state index in [4.69, 9.17) is 5.11 Å². The van der Waals surface area contributed by atoms with Crippen LogP contribution in [0.1, 0.15) is 23.2 Å². The van der Waals surface area contributed by atoms with E-state index in [1.807, 2.05) is 0 Å². The number of halogens is 6. The van der Waals surface area contributed by atoms with E-state index in [1.165, 1.54) is 0 Å². The Labute approximate surface area is 96.1 Å². The van der Waals surface area contributed by atoms with Gasteiger partial charge < -0.3 is 5.11 Å². The molecule has 0 spiro atoms. The average Bonchev–Trinajstić information content (AvgIpc) is 2.17. The summed E-state index contributed by atoms with van der Waals surface area (Å²) in [4.78, 5) is 12.9. The number of aliphatic carboxylic acids is 1. The SMILES string of the molecule is O=C(O)Cc1c(C(F)(F)F)cc(C(F)F)nc1F. The van der Waals surface area contributed by atoms with Gasteiger partial charge in [-0.25, -0.2) is 13.8 Å². The highest BCUT2D eigenvalue weighted by atomic mass is 19.4. The van der Waals surface area contributed by atoms with E-state index in [-0.39, 0.29) is 6.07 Å². The molecule has 0 aliphatic heterocycles. The molecule has 0 aliphatic rings. The Morgan fingerprint density at radius 1 is 1.39 bits per heavy atom. The van der Waals surface area contributed by atoms with Crippen molar-refractivity contribution in [3.8, 4) is 0 Å². The minimum Gasteiger partial charge on any atom is -0.481 e. The highest BCUT2D eigenvalue weighted by Crippen LogP contribution is 2.35. The van der Waals surface area contributed by atoms with Gasteiger partial charge >= 0.3 is 12.1 Å². The largest absolute Gasteiger partial charge is 0.481 e. The Kier molecular flexibility index (Phi) is 3.82. The highest BCUT2D eigenvalue weighted by molar-refractivity contribution is 5.70. The van der Waals surface area contributed by atoms with E-state index in [0.717, 1.165) is 0 Å². The number of carbonyl (C=O) groups is 1. The highest BCUT2D eigenvalue weighted by Gasteiger charge is 2.37. The van der Waals surface area contributed by atoms with Gasteiger partial charge in [-0.2, -0.15) is 17.6 Å². The van der Waals surface area contributed by atoms with Gasteiger partial charge in [0.25, 0.3) is 6.43 Å². The van der Waals surface area contributed by atoms with Crippen molar-refractivity contribution in [1.82, 2.24) is 4.98 Å². The van der Waals surface area contributed by atoms with Crippen molar-refractivity contribution < 1.29 is 36.2 Å². The van der Waals surface area contributed by atoms with Crippen LogP contribution in [0, 0.1) is 5.95 Å². The predicted molar refractivity (Wildman–Crippen MR) is 45.5 cm³/mol. The number of rotatable bonds is 3. The standard InChI is InChI=1S/C9H5F6NO2/c10-7(11)5-2-4(9(13,14)15)3(1-6(17)18)8(12)16-5/h2,7H,1H2,(H,17,18). The van der Waals surface area contributed by atoms with Crippen LogP contribution in [0.3, 0.4) is 0 Å². The van der Waals surface area contributed by atoms with Crippen molar-refractivity contribution in [3.63, 3.8) is 0 Å². The molecule has 18 heavy (non-hydrogen) atoms. The van der Waals surface area contributed by atoms with Gasteiger partial charge in [0.2, 0.25) is 5.95 Å². The third-order valence-corrected chi connectivity index (χ3v) is 1.95. The lowest BCUT2D eigenvalue weighted by Gasteiger charge is -2.13. The fourth-order valence-electron chi connectivity index (χ4n) is 1.24. The van der Waals surface area contributed by atoms with Crippen LogP contribution in [-0.4, -0.2) is 16.1 Å². The van der Waals surface area contributed by atoms with Gasteiger partial charge in [0.15, 0.2) is 0 Å². The third kappa shape index (κ3) is 3.11. The smallest absolute Gasteiger partial charge is 0.416 e. The molecule has 9 heteroatoms. The molecule has 1 heterocycles. The molecule has 0 amide bonds. The van der Waals surface area contributed by atoms with Crippen LogP contribution < -0.4 is 0 Å². The second kappa shape index (κ2) is 4.83. The van der Waals surface area contributed by atoms with Crippen molar-refractivity contribution in [1.29, 1.82) is 0 Å².